The topological polar surface area (TPSA) is 98.2 Å². The molecule has 0 aromatic heterocycles. The molecule has 1 aliphatic rings. The smallest absolute Gasteiger partial charge is 0.255 e. The normalized spacial score (nSPS) is 19.2. The molecule has 5 N–H and O–H groups in total. The van der Waals surface area contributed by atoms with Gasteiger partial charge < -0.3 is 16.8 Å². The molecule has 0 radical (unpaired) electrons. The summed E-state index contributed by atoms with van der Waals surface area (Å²) >= 11 is 0. The second-order valence-corrected chi connectivity index (χ2v) is 5.79. The van der Waals surface area contributed by atoms with Crippen LogP contribution >= 0.6 is 0 Å². The van der Waals surface area contributed by atoms with Crippen molar-refractivity contribution in [1.29, 1.82) is 0 Å². The predicted octanol–water partition coefficient (Wildman–Crippen LogP) is 1.99. The van der Waals surface area contributed by atoms with Gasteiger partial charge in [-0.25, -0.2) is 0 Å². The fraction of sp³-hybridized carbons (Fsp3) is 0.222. The minimum atomic E-state index is -0.259. The molecule has 1 saturated carbocycles. The summed E-state index contributed by atoms with van der Waals surface area (Å²) in [6.07, 6.45) is 0.787. The fourth-order valence-electron chi connectivity index (χ4n) is 2.80. The van der Waals surface area contributed by atoms with Crippen LogP contribution in [0, 0.1) is 5.92 Å². The molecule has 2 amide bonds. The Morgan fingerprint density at radius 1 is 1.13 bits per heavy atom. The lowest BCUT2D eigenvalue weighted by Crippen LogP contribution is -2.15. The molecule has 0 saturated heterocycles. The first-order chi connectivity index (χ1) is 11.1. The van der Waals surface area contributed by atoms with Crippen LogP contribution in [0.25, 0.3) is 0 Å². The fourth-order valence-corrected chi connectivity index (χ4v) is 2.80. The summed E-state index contributed by atoms with van der Waals surface area (Å²) in [6, 6.07) is 14.7. The van der Waals surface area contributed by atoms with Crippen LogP contribution in [-0.2, 0) is 11.3 Å². The van der Waals surface area contributed by atoms with Gasteiger partial charge in [0.05, 0.1) is 0 Å². The van der Waals surface area contributed by atoms with E-state index in [4.69, 9.17) is 11.5 Å². The van der Waals surface area contributed by atoms with E-state index in [-0.39, 0.29) is 23.7 Å². The van der Waals surface area contributed by atoms with E-state index in [1.165, 1.54) is 0 Å². The second kappa shape index (κ2) is 6.22. The lowest BCUT2D eigenvalue weighted by molar-refractivity contribution is -0.119. The lowest BCUT2D eigenvalue weighted by atomic mass is 10.0. The highest BCUT2D eigenvalue weighted by Gasteiger charge is 2.42. The molecule has 0 heterocycles. The molecule has 2 atom stereocenters. The number of carbonyl (C=O) groups is 2. The van der Waals surface area contributed by atoms with E-state index in [0.29, 0.717) is 17.8 Å². The molecule has 23 heavy (non-hydrogen) atoms. The number of benzene rings is 2. The number of amides is 2. The van der Waals surface area contributed by atoms with Crippen LogP contribution in [0.2, 0.25) is 0 Å². The number of anilines is 1. The highest BCUT2D eigenvalue weighted by Crippen LogP contribution is 2.47. The summed E-state index contributed by atoms with van der Waals surface area (Å²) in [7, 11) is 0. The molecule has 2 aromatic rings. The summed E-state index contributed by atoms with van der Waals surface area (Å²) in [4.78, 5) is 23.5. The zero-order chi connectivity index (χ0) is 16.4. The van der Waals surface area contributed by atoms with E-state index in [9.17, 15) is 9.59 Å². The van der Waals surface area contributed by atoms with Crippen molar-refractivity contribution in [2.75, 3.05) is 5.32 Å². The van der Waals surface area contributed by atoms with Crippen molar-refractivity contribution in [3.8, 4) is 0 Å². The Balaban J connectivity index is 1.78. The van der Waals surface area contributed by atoms with E-state index in [2.05, 4.69) is 5.32 Å². The van der Waals surface area contributed by atoms with Gasteiger partial charge in [0.25, 0.3) is 5.91 Å². The van der Waals surface area contributed by atoms with Gasteiger partial charge in [-0.3, -0.25) is 9.59 Å². The van der Waals surface area contributed by atoms with E-state index in [1.54, 1.807) is 12.1 Å². The van der Waals surface area contributed by atoms with Crippen molar-refractivity contribution in [2.45, 2.75) is 18.9 Å². The summed E-state index contributed by atoms with van der Waals surface area (Å²) in [5.41, 5.74) is 14.3. The summed E-state index contributed by atoms with van der Waals surface area (Å²) < 4.78 is 0. The first kappa shape index (κ1) is 15.2. The molecule has 0 aliphatic heterocycles. The third kappa shape index (κ3) is 3.24. The summed E-state index contributed by atoms with van der Waals surface area (Å²) in [6.45, 7) is 0.312. The SMILES string of the molecule is NCc1cc([C@@H]2C[C@H]2C(N)=O)ccc1NC(=O)c1ccccc1. The van der Waals surface area contributed by atoms with Gasteiger partial charge in [-0.2, -0.15) is 0 Å². The Labute approximate surface area is 134 Å². The molecule has 1 fully saturated rings. The van der Waals surface area contributed by atoms with Crippen LogP contribution in [0.3, 0.4) is 0 Å². The van der Waals surface area contributed by atoms with Gasteiger partial charge in [-0.1, -0.05) is 30.3 Å². The van der Waals surface area contributed by atoms with Crippen LogP contribution in [0.1, 0.15) is 33.8 Å². The van der Waals surface area contributed by atoms with Crippen molar-refractivity contribution >= 4 is 17.5 Å². The van der Waals surface area contributed by atoms with Crippen molar-refractivity contribution in [2.24, 2.45) is 17.4 Å². The Hall–Kier alpha value is -2.66. The van der Waals surface area contributed by atoms with E-state index in [0.717, 1.165) is 17.5 Å². The Morgan fingerprint density at radius 2 is 1.87 bits per heavy atom. The number of hydrogen-bond donors (Lipinski definition) is 3. The van der Waals surface area contributed by atoms with Gasteiger partial charge >= 0.3 is 0 Å². The van der Waals surface area contributed by atoms with Gasteiger partial charge in [0.1, 0.15) is 0 Å². The Kier molecular flexibility index (Phi) is 4.12. The van der Waals surface area contributed by atoms with E-state index >= 15 is 0 Å². The average Bonchev–Trinajstić information content (AvgIpc) is 3.37. The minimum Gasteiger partial charge on any atom is -0.369 e. The van der Waals surface area contributed by atoms with Gasteiger partial charge in [0.15, 0.2) is 0 Å². The average molecular weight is 309 g/mol. The maximum atomic E-state index is 12.2. The van der Waals surface area contributed by atoms with Gasteiger partial charge in [0, 0.05) is 23.7 Å². The molecule has 5 nitrogen and oxygen atoms in total. The number of hydrogen-bond acceptors (Lipinski definition) is 3. The molecular formula is C18H19N3O2. The van der Waals surface area contributed by atoms with Gasteiger partial charge in [-0.15, -0.1) is 0 Å². The number of primary amides is 1. The highest BCUT2D eigenvalue weighted by atomic mass is 16.2. The third-order valence-corrected chi connectivity index (χ3v) is 4.22. The van der Waals surface area contributed by atoms with E-state index in [1.807, 2.05) is 36.4 Å². The highest BCUT2D eigenvalue weighted by molar-refractivity contribution is 6.04. The first-order valence-electron chi connectivity index (χ1n) is 7.58. The number of carbonyl (C=O) groups excluding carboxylic acids is 2. The van der Waals surface area contributed by atoms with Crippen molar-refractivity contribution in [3.63, 3.8) is 0 Å². The van der Waals surface area contributed by atoms with Crippen LogP contribution in [0.5, 0.6) is 0 Å². The Morgan fingerprint density at radius 3 is 2.48 bits per heavy atom. The zero-order valence-corrected chi connectivity index (χ0v) is 12.7. The van der Waals surface area contributed by atoms with Crippen LogP contribution < -0.4 is 16.8 Å². The number of nitrogens with one attached hydrogen (secondary N) is 1. The van der Waals surface area contributed by atoms with Gasteiger partial charge in [-0.05, 0) is 41.7 Å². The zero-order valence-electron chi connectivity index (χ0n) is 12.7. The molecular weight excluding hydrogens is 290 g/mol. The maximum Gasteiger partial charge on any atom is 0.255 e. The van der Waals surface area contributed by atoms with Crippen molar-refractivity contribution < 1.29 is 9.59 Å². The molecule has 1 aliphatic carbocycles. The molecule has 0 bridgehead atoms. The predicted molar refractivity (Wildman–Crippen MR) is 88.8 cm³/mol. The third-order valence-electron chi connectivity index (χ3n) is 4.22. The molecule has 118 valence electrons. The van der Waals surface area contributed by atoms with Crippen molar-refractivity contribution in [3.05, 3.63) is 65.2 Å². The Bertz CT molecular complexity index is 743. The minimum absolute atomic E-state index is 0.0783. The lowest BCUT2D eigenvalue weighted by Gasteiger charge is -2.12. The summed E-state index contributed by atoms with van der Waals surface area (Å²) in [5, 5.41) is 2.89. The van der Waals surface area contributed by atoms with Gasteiger partial charge in [0.2, 0.25) is 5.91 Å². The molecule has 2 aromatic carbocycles. The van der Waals surface area contributed by atoms with Crippen LogP contribution in [-0.4, -0.2) is 11.8 Å². The number of rotatable bonds is 5. The van der Waals surface area contributed by atoms with Crippen LogP contribution in [0.4, 0.5) is 5.69 Å². The molecule has 3 rings (SSSR count). The molecule has 5 heteroatoms. The van der Waals surface area contributed by atoms with Crippen LogP contribution in [0.15, 0.2) is 48.5 Å². The molecule has 0 unspecified atom stereocenters. The van der Waals surface area contributed by atoms with Crippen molar-refractivity contribution in [1.82, 2.24) is 0 Å². The maximum absolute atomic E-state index is 12.2. The standard InChI is InChI=1S/C18H19N3O2/c19-10-13-8-12(14-9-15(14)17(20)22)6-7-16(13)21-18(23)11-4-2-1-3-5-11/h1-8,14-15H,9-10,19H2,(H2,20,22)(H,21,23)/t14-,15+/m0/s1. The number of nitrogens with two attached hydrogens (primary N) is 2. The quantitative estimate of drug-likeness (QED) is 0.787. The monoisotopic (exact) mass is 309 g/mol. The molecule has 0 spiro atoms. The second-order valence-electron chi connectivity index (χ2n) is 5.79. The first-order valence-corrected chi connectivity index (χ1v) is 7.58. The largest absolute Gasteiger partial charge is 0.369 e. The van der Waals surface area contributed by atoms with E-state index < -0.39 is 0 Å². The summed E-state index contributed by atoms with van der Waals surface area (Å²) in [5.74, 6) is -0.331.